The Bertz CT molecular complexity index is 527. The molecule has 0 bridgehead atoms. The maximum Gasteiger partial charge on any atom is 0.0355 e. The van der Waals surface area contributed by atoms with Gasteiger partial charge in [0.25, 0.3) is 0 Å². The number of anilines is 1. The van der Waals surface area contributed by atoms with Crippen LogP contribution in [0.1, 0.15) is 30.9 Å². The summed E-state index contributed by atoms with van der Waals surface area (Å²) in [6, 6.07) is 14.8. The van der Waals surface area contributed by atoms with Gasteiger partial charge in [0.1, 0.15) is 0 Å². The van der Waals surface area contributed by atoms with E-state index in [1.807, 2.05) is 0 Å². The van der Waals surface area contributed by atoms with Gasteiger partial charge in [0, 0.05) is 5.69 Å². The van der Waals surface area contributed by atoms with Crippen molar-refractivity contribution in [3.05, 3.63) is 53.6 Å². The van der Waals surface area contributed by atoms with Crippen LogP contribution >= 0.6 is 0 Å². The zero-order chi connectivity index (χ0) is 12.4. The molecule has 0 saturated heterocycles. The Labute approximate surface area is 103 Å². The van der Waals surface area contributed by atoms with Gasteiger partial charge in [0.05, 0.1) is 0 Å². The van der Waals surface area contributed by atoms with Gasteiger partial charge >= 0.3 is 0 Å². The van der Waals surface area contributed by atoms with E-state index in [1.54, 1.807) is 0 Å². The molecule has 0 fully saturated rings. The highest BCUT2D eigenvalue weighted by Gasteiger charge is 2.07. The van der Waals surface area contributed by atoms with E-state index >= 15 is 0 Å². The van der Waals surface area contributed by atoms with E-state index in [4.69, 9.17) is 5.73 Å². The molecule has 2 aromatic carbocycles. The summed E-state index contributed by atoms with van der Waals surface area (Å²) >= 11 is 0. The van der Waals surface area contributed by atoms with E-state index in [-0.39, 0.29) is 0 Å². The number of hydrogen-bond acceptors (Lipinski definition) is 1. The first-order chi connectivity index (χ1) is 8.09. The van der Waals surface area contributed by atoms with E-state index < -0.39 is 0 Å². The molecule has 0 aliphatic heterocycles. The van der Waals surface area contributed by atoms with Crippen LogP contribution in [-0.4, -0.2) is 0 Å². The van der Waals surface area contributed by atoms with Gasteiger partial charge in [-0.3, -0.25) is 0 Å². The number of aryl methyl sites for hydroxylation is 1. The number of rotatable bonds is 2. The van der Waals surface area contributed by atoms with E-state index in [9.17, 15) is 0 Å². The standard InChI is InChI=1S/C16H19N/c1-11(2)14-9-8-13(10-16(14)17)15-7-5-4-6-12(15)3/h4-11H,17H2,1-3H3. The van der Waals surface area contributed by atoms with Crippen LogP contribution in [0.5, 0.6) is 0 Å². The summed E-state index contributed by atoms with van der Waals surface area (Å²) in [5.74, 6) is 0.473. The van der Waals surface area contributed by atoms with Crippen molar-refractivity contribution in [2.45, 2.75) is 26.7 Å². The van der Waals surface area contributed by atoms with Gasteiger partial charge in [-0.1, -0.05) is 50.2 Å². The Hall–Kier alpha value is -1.76. The Morgan fingerprint density at radius 2 is 1.71 bits per heavy atom. The molecule has 0 amide bonds. The smallest absolute Gasteiger partial charge is 0.0355 e. The summed E-state index contributed by atoms with van der Waals surface area (Å²) in [6.07, 6.45) is 0. The van der Waals surface area contributed by atoms with Crippen LogP contribution in [0.3, 0.4) is 0 Å². The fourth-order valence-corrected chi connectivity index (χ4v) is 2.16. The summed E-state index contributed by atoms with van der Waals surface area (Å²) < 4.78 is 0. The number of nitrogens with two attached hydrogens (primary N) is 1. The fourth-order valence-electron chi connectivity index (χ4n) is 2.16. The summed E-state index contributed by atoms with van der Waals surface area (Å²) in [4.78, 5) is 0. The van der Waals surface area contributed by atoms with Crippen molar-refractivity contribution in [1.82, 2.24) is 0 Å². The number of benzene rings is 2. The minimum absolute atomic E-state index is 0.473. The predicted octanol–water partition coefficient (Wildman–Crippen LogP) is 4.37. The van der Waals surface area contributed by atoms with Crippen molar-refractivity contribution in [3.63, 3.8) is 0 Å². The topological polar surface area (TPSA) is 26.0 Å². The molecule has 0 radical (unpaired) electrons. The van der Waals surface area contributed by atoms with Crippen molar-refractivity contribution < 1.29 is 0 Å². The van der Waals surface area contributed by atoms with Gasteiger partial charge in [0.2, 0.25) is 0 Å². The molecule has 2 aromatic rings. The van der Waals surface area contributed by atoms with Crippen molar-refractivity contribution in [1.29, 1.82) is 0 Å². The quantitative estimate of drug-likeness (QED) is 0.755. The number of hydrogen-bond donors (Lipinski definition) is 1. The first kappa shape index (κ1) is 11.7. The average Bonchev–Trinajstić information content (AvgIpc) is 2.29. The second-order valence-corrected chi connectivity index (χ2v) is 4.81. The first-order valence-electron chi connectivity index (χ1n) is 6.05. The van der Waals surface area contributed by atoms with E-state index in [0.717, 1.165) is 5.69 Å². The summed E-state index contributed by atoms with van der Waals surface area (Å²) in [7, 11) is 0. The minimum atomic E-state index is 0.473. The molecule has 1 nitrogen and oxygen atoms in total. The second kappa shape index (κ2) is 4.62. The lowest BCUT2D eigenvalue weighted by atomic mass is 9.95. The highest BCUT2D eigenvalue weighted by atomic mass is 14.6. The Morgan fingerprint density at radius 1 is 1.00 bits per heavy atom. The molecular weight excluding hydrogens is 206 g/mol. The van der Waals surface area contributed by atoms with Crippen LogP contribution in [0.2, 0.25) is 0 Å². The largest absolute Gasteiger partial charge is 0.398 e. The highest BCUT2D eigenvalue weighted by molar-refractivity contribution is 5.71. The first-order valence-corrected chi connectivity index (χ1v) is 6.05. The van der Waals surface area contributed by atoms with Crippen LogP contribution < -0.4 is 5.73 Å². The van der Waals surface area contributed by atoms with Crippen molar-refractivity contribution >= 4 is 5.69 Å². The maximum atomic E-state index is 6.11. The summed E-state index contributed by atoms with van der Waals surface area (Å²) in [6.45, 7) is 6.46. The molecule has 0 spiro atoms. The lowest BCUT2D eigenvalue weighted by Crippen LogP contribution is -1.96. The minimum Gasteiger partial charge on any atom is -0.398 e. The average molecular weight is 225 g/mol. The van der Waals surface area contributed by atoms with Crippen LogP contribution in [-0.2, 0) is 0 Å². The Kier molecular flexibility index (Phi) is 3.19. The number of nitrogen functional groups attached to an aromatic ring is 1. The van der Waals surface area contributed by atoms with Crippen LogP contribution in [0.25, 0.3) is 11.1 Å². The molecule has 0 atom stereocenters. The van der Waals surface area contributed by atoms with Crippen molar-refractivity contribution in [2.24, 2.45) is 0 Å². The third-order valence-electron chi connectivity index (χ3n) is 3.16. The predicted molar refractivity (Wildman–Crippen MR) is 75.1 cm³/mol. The molecule has 0 aromatic heterocycles. The molecular formula is C16H19N. The second-order valence-electron chi connectivity index (χ2n) is 4.81. The summed E-state index contributed by atoms with van der Waals surface area (Å²) in [5, 5.41) is 0. The van der Waals surface area contributed by atoms with Gasteiger partial charge in [-0.05, 0) is 41.2 Å². The van der Waals surface area contributed by atoms with Gasteiger partial charge in [-0.2, -0.15) is 0 Å². The molecule has 2 rings (SSSR count). The normalized spacial score (nSPS) is 10.8. The summed E-state index contributed by atoms with van der Waals surface area (Å²) in [5.41, 5.74) is 12.0. The molecule has 0 heterocycles. The maximum absolute atomic E-state index is 6.11. The van der Waals surface area contributed by atoms with Gasteiger partial charge in [-0.25, -0.2) is 0 Å². The highest BCUT2D eigenvalue weighted by Crippen LogP contribution is 2.29. The van der Waals surface area contributed by atoms with Crippen LogP contribution in [0.15, 0.2) is 42.5 Å². The molecule has 0 aliphatic rings. The van der Waals surface area contributed by atoms with Crippen molar-refractivity contribution in [2.75, 3.05) is 5.73 Å². The molecule has 0 unspecified atom stereocenters. The van der Waals surface area contributed by atoms with E-state index in [0.29, 0.717) is 5.92 Å². The van der Waals surface area contributed by atoms with Gasteiger partial charge in [-0.15, -0.1) is 0 Å². The molecule has 1 heteroatoms. The zero-order valence-corrected chi connectivity index (χ0v) is 10.7. The molecule has 0 aliphatic carbocycles. The van der Waals surface area contributed by atoms with E-state index in [2.05, 4.69) is 63.2 Å². The molecule has 2 N–H and O–H groups in total. The van der Waals surface area contributed by atoms with E-state index in [1.165, 1.54) is 22.3 Å². The lowest BCUT2D eigenvalue weighted by Gasteiger charge is -2.12. The monoisotopic (exact) mass is 225 g/mol. The lowest BCUT2D eigenvalue weighted by molar-refractivity contribution is 0.870. The Morgan fingerprint density at radius 3 is 2.29 bits per heavy atom. The van der Waals surface area contributed by atoms with Gasteiger partial charge in [0.15, 0.2) is 0 Å². The van der Waals surface area contributed by atoms with Gasteiger partial charge < -0.3 is 5.73 Å². The van der Waals surface area contributed by atoms with Crippen LogP contribution in [0.4, 0.5) is 5.69 Å². The molecule has 88 valence electrons. The fraction of sp³-hybridized carbons (Fsp3) is 0.250. The molecule has 0 saturated carbocycles. The van der Waals surface area contributed by atoms with Crippen LogP contribution in [0, 0.1) is 6.92 Å². The molecule has 17 heavy (non-hydrogen) atoms. The SMILES string of the molecule is Cc1ccccc1-c1ccc(C(C)C)c(N)c1. The third-order valence-corrected chi connectivity index (χ3v) is 3.16. The van der Waals surface area contributed by atoms with Crippen molar-refractivity contribution in [3.8, 4) is 11.1 Å². The third kappa shape index (κ3) is 2.33. The zero-order valence-electron chi connectivity index (χ0n) is 10.7. The Balaban J connectivity index is 2.49.